The Hall–Kier alpha value is -0.730. The summed E-state index contributed by atoms with van der Waals surface area (Å²) in [5.41, 5.74) is 1.96. The first-order valence-corrected chi connectivity index (χ1v) is 6.15. The van der Waals surface area contributed by atoms with Crippen LogP contribution in [-0.4, -0.2) is 17.7 Å². The molecule has 1 heterocycles. The molecule has 0 bridgehead atoms. The Bertz CT molecular complexity index is 380. The third kappa shape index (κ3) is 2.18. The minimum absolute atomic E-state index is 0.0476. The Morgan fingerprint density at radius 2 is 2.19 bits per heavy atom. The molecule has 1 aliphatic heterocycles. The second-order valence-corrected chi connectivity index (χ2v) is 5.19. The molecule has 2 unspecified atom stereocenters. The number of halogens is 1. The van der Waals surface area contributed by atoms with Gasteiger partial charge in [-0.15, -0.1) is 0 Å². The third-order valence-electron chi connectivity index (χ3n) is 3.29. The lowest BCUT2D eigenvalue weighted by atomic mass is 10.1. The summed E-state index contributed by atoms with van der Waals surface area (Å²) in [6, 6.07) is 6.36. The van der Waals surface area contributed by atoms with Crippen molar-refractivity contribution < 1.29 is 5.11 Å². The summed E-state index contributed by atoms with van der Waals surface area (Å²) in [6.07, 6.45) is 1.22. The van der Waals surface area contributed by atoms with E-state index in [0.29, 0.717) is 6.04 Å². The number of anilines is 1. The molecular formula is C13H18ClNO. The van der Waals surface area contributed by atoms with Gasteiger partial charge in [-0.3, -0.25) is 0 Å². The Labute approximate surface area is 102 Å². The predicted octanol–water partition coefficient (Wildman–Crippen LogP) is 3.07. The molecule has 1 aromatic rings. The first-order chi connectivity index (χ1) is 7.61. The average Bonchev–Trinajstić information content (AvgIpc) is 2.57. The van der Waals surface area contributed by atoms with Crippen LogP contribution in [0.2, 0.25) is 5.02 Å². The SMILES string of the molecule is CC1CC(C)N(c2ccc(CO)cc2Cl)C1. The van der Waals surface area contributed by atoms with E-state index in [1.165, 1.54) is 6.42 Å². The van der Waals surface area contributed by atoms with Gasteiger partial charge in [-0.25, -0.2) is 0 Å². The lowest BCUT2D eigenvalue weighted by molar-refractivity contribution is 0.282. The van der Waals surface area contributed by atoms with Crippen LogP contribution in [0.1, 0.15) is 25.8 Å². The smallest absolute Gasteiger partial charge is 0.0682 e. The van der Waals surface area contributed by atoms with Crippen LogP contribution in [-0.2, 0) is 6.61 Å². The summed E-state index contributed by atoms with van der Waals surface area (Å²) in [5.74, 6) is 0.726. The summed E-state index contributed by atoms with van der Waals surface area (Å²) in [6.45, 7) is 5.62. The molecule has 2 atom stereocenters. The molecule has 0 aromatic heterocycles. The molecule has 1 saturated heterocycles. The molecule has 1 aromatic carbocycles. The molecule has 88 valence electrons. The van der Waals surface area contributed by atoms with Gasteiger partial charge in [0.05, 0.1) is 17.3 Å². The highest BCUT2D eigenvalue weighted by molar-refractivity contribution is 6.33. The largest absolute Gasteiger partial charge is 0.392 e. The van der Waals surface area contributed by atoms with Crippen molar-refractivity contribution in [3.63, 3.8) is 0 Å². The molecule has 0 aliphatic carbocycles. The van der Waals surface area contributed by atoms with Crippen LogP contribution in [0.4, 0.5) is 5.69 Å². The Balaban J connectivity index is 2.27. The maximum absolute atomic E-state index is 9.04. The van der Waals surface area contributed by atoms with E-state index in [0.717, 1.165) is 28.7 Å². The average molecular weight is 240 g/mol. The maximum atomic E-state index is 9.04. The molecular weight excluding hydrogens is 222 g/mol. The van der Waals surface area contributed by atoms with Gasteiger partial charge >= 0.3 is 0 Å². The first kappa shape index (κ1) is 11.7. The fraction of sp³-hybridized carbons (Fsp3) is 0.538. The van der Waals surface area contributed by atoms with Crippen LogP contribution in [0.3, 0.4) is 0 Å². The highest BCUT2D eigenvalue weighted by Gasteiger charge is 2.27. The maximum Gasteiger partial charge on any atom is 0.0682 e. The van der Waals surface area contributed by atoms with E-state index in [1.54, 1.807) is 0 Å². The van der Waals surface area contributed by atoms with Gasteiger partial charge in [0.2, 0.25) is 0 Å². The predicted molar refractivity (Wildman–Crippen MR) is 68.0 cm³/mol. The summed E-state index contributed by atoms with van der Waals surface area (Å²) >= 11 is 6.25. The van der Waals surface area contributed by atoms with Crippen LogP contribution < -0.4 is 4.90 Å². The third-order valence-corrected chi connectivity index (χ3v) is 3.59. The first-order valence-electron chi connectivity index (χ1n) is 5.77. The Morgan fingerprint density at radius 3 is 2.69 bits per heavy atom. The molecule has 2 nitrogen and oxygen atoms in total. The van der Waals surface area contributed by atoms with E-state index in [2.05, 4.69) is 18.7 Å². The lowest BCUT2D eigenvalue weighted by Gasteiger charge is -2.25. The van der Waals surface area contributed by atoms with Gasteiger partial charge in [-0.1, -0.05) is 24.6 Å². The standard InChI is InChI=1S/C13H18ClNO/c1-9-5-10(2)15(7-9)13-4-3-11(8-16)6-12(13)14/h3-4,6,9-10,16H,5,7-8H2,1-2H3. The van der Waals surface area contributed by atoms with Crippen molar-refractivity contribution in [1.29, 1.82) is 0 Å². The highest BCUT2D eigenvalue weighted by Crippen LogP contribution is 2.34. The van der Waals surface area contributed by atoms with E-state index in [-0.39, 0.29) is 6.61 Å². The summed E-state index contributed by atoms with van der Waals surface area (Å²) in [4.78, 5) is 2.36. The van der Waals surface area contributed by atoms with E-state index < -0.39 is 0 Å². The van der Waals surface area contributed by atoms with Crippen molar-refractivity contribution in [3.05, 3.63) is 28.8 Å². The molecule has 3 heteroatoms. The molecule has 0 amide bonds. The van der Waals surface area contributed by atoms with Gasteiger partial charge in [-0.2, -0.15) is 0 Å². The van der Waals surface area contributed by atoms with Gasteiger partial charge < -0.3 is 10.0 Å². The number of nitrogens with zero attached hydrogens (tertiary/aromatic N) is 1. The van der Waals surface area contributed by atoms with Gasteiger partial charge in [0, 0.05) is 12.6 Å². The van der Waals surface area contributed by atoms with Crippen LogP contribution in [0.5, 0.6) is 0 Å². The number of aliphatic hydroxyl groups is 1. The number of hydrogen-bond donors (Lipinski definition) is 1. The minimum Gasteiger partial charge on any atom is -0.392 e. The van der Waals surface area contributed by atoms with E-state index in [4.69, 9.17) is 16.7 Å². The lowest BCUT2D eigenvalue weighted by Crippen LogP contribution is -2.26. The number of rotatable bonds is 2. The monoisotopic (exact) mass is 239 g/mol. The molecule has 16 heavy (non-hydrogen) atoms. The van der Waals surface area contributed by atoms with Crippen molar-refractivity contribution in [2.45, 2.75) is 32.9 Å². The van der Waals surface area contributed by atoms with Gasteiger partial charge in [-0.05, 0) is 37.0 Å². The fourth-order valence-corrected chi connectivity index (χ4v) is 2.83. The molecule has 0 saturated carbocycles. The van der Waals surface area contributed by atoms with Crippen molar-refractivity contribution >= 4 is 17.3 Å². The minimum atomic E-state index is 0.0476. The van der Waals surface area contributed by atoms with Gasteiger partial charge in [0.15, 0.2) is 0 Å². The van der Waals surface area contributed by atoms with Crippen LogP contribution in [0.25, 0.3) is 0 Å². The number of aliphatic hydroxyl groups excluding tert-OH is 1. The van der Waals surface area contributed by atoms with E-state index in [1.807, 2.05) is 18.2 Å². The van der Waals surface area contributed by atoms with E-state index in [9.17, 15) is 0 Å². The van der Waals surface area contributed by atoms with Crippen LogP contribution in [0, 0.1) is 5.92 Å². The van der Waals surface area contributed by atoms with Crippen molar-refractivity contribution in [2.75, 3.05) is 11.4 Å². The number of benzene rings is 1. The quantitative estimate of drug-likeness (QED) is 0.858. The second-order valence-electron chi connectivity index (χ2n) is 4.79. The van der Waals surface area contributed by atoms with Crippen molar-refractivity contribution in [1.82, 2.24) is 0 Å². The van der Waals surface area contributed by atoms with Gasteiger partial charge in [0.1, 0.15) is 0 Å². The fourth-order valence-electron chi connectivity index (χ4n) is 2.52. The zero-order valence-corrected chi connectivity index (χ0v) is 10.5. The summed E-state index contributed by atoms with van der Waals surface area (Å²) < 4.78 is 0. The molecule has 0 radical (unpaired) electrons. The Morgan fingerprint density at radius 1 is 1.44 bits per heavy atom. The summed E-state index contributed by atoms with van der Waals surface area (Å²) in [7, 11) is 0. The van der Waals surface area contributed by atoms with Gasteiger partial charge in [0.25, 0.3) is 0 Å². The van der Waals surface area contributed by atoms with Crippen LogP contribution >= 0.6 is 11.6 Å². The second kappa shape index (κ2) is 4.64. The summed E-state index contributed by atoms with van der Waals surface area (Å²) in [5, 5.41) is 9.78. The number of hydrogen-bond acceptors (Lipinski definition) is 2. The molecule has 0 spiro atoms. The molecule has 1 N–H and O–H groups in total. The zero-order chi connectivity index (χ0) is 11.7. The Kier molecular flexibility index (Phi) is 3.41. The van der Waals surface area contributed by atoms with Crippen molar-refractivity contribution in [2.24, 2.45) is 5.92 Å². The van der Waals surface area contributed by atoms with E-state index >= 15 is 0 Å². The highest BCUT2D eigenvalue weighted by atomic mass is 35.5. The zero-order valence-electron chi connectivity index (χ0n) is 9.78. The molecule has 1 aliphatic rings. The van der Waals surface area contributed by atoms with Crippen molar-refractivity contribution in [3.8, 4) is 0 Å². The molecule has 2 rings (SSSR count). The molecule has 1 fully saturated rings. The topological polar surface area (TPSA) is 23.5 Å². The normalized spacial score (nSPS) is 25.1. The van der Waals surface area contributed by atoms with Crippen LogP contribution in [0.15, 0.2) is 18.2 Å².